The van der Waals surface area contributed by atoms with Crippen LogP contribution in [0, 0.1) is 0 Å². The Labute approximate surface area is 80.9 Å². The topological polar surface area (TPSA) is 158 Å². The van der Waals surface area contributed by atoms with E-state index in [0.717, 1.165) is 0 Å². The highest BCUT2D eigenvalue weighted by atomic mass is 32.3. The number of aliphatic hydroxyl groups excluding tert-OH is 2. The Kier molecular flexibility index (Phi) is 8.13. The molecule has 0 aromatic rings. The molecule has 14 heavy (non-hydrogen) atoms. The first-order valence-electron chi connectivity index (χ1n) is 3.00. The van der Waals surface area contributed by atoms with Gasteiger partial charge in [-0.3, -0.25) is 9.11 Å². The van der Waals surface area contributed by atoms with Crippen LogP contribution in [0.25, 0.3) is 0 Å². The Hall–Kier alpha value is -0.300. The fourth-order valence-electron chi connectivity index (χ4n) is 0.179. The standard InChI is InChI=1S/C3H8O2.H2O7S2/c4-2-1-3-5;1-8(2,3)7-9(4,5)6/h4-5H,1-3H2;(H,1,2,3)(H,4,5,6). The summed E-state index contributed by atoms with van der Waals surface area (Å²) in [5.41, 5.74) is 0. The first-order valence-corrected chi connectivity index (χ1v) is 5.73. The van der Waals surface area contributed by atoms with E-state index in [0.29, 0.717) is 6.42 Å². The van der Waals surface area contributed by atoms with Gasteiger partial charge in [-0.25, -0.2) is 0 Å². The third-order valence-electron chi connectivity index (χ3n) is 0.488. The maximum Gasteiger partial charge on any atom is 0.413 e. The van der Waals surface area contributed by atoms with Crippen molar-refractivity contribution in [2.24, 2.45) is 0 Å². The van der Waals surface area contributed by atoms with Gasteiger partial charge < -0.3 is 10.2 Å². The highest BCUT2D eigenvalue weighted by molar-refractivity contribution is 7.94. The van der Waals surface area contributed by atoms with Gasteiger partial charge in [-0.15, -0.1) is 3.63 Å². The van der Waals surface area contributed by atoms with Crippen molar-refractivity contribution in [3.8, 4) is 0 Å². The summed E-state index contributed by atoms with van der Waals surface area (Å²) in [5, 5.41) is 15.8. The van der Waals surface area contributed by atoms with Crippen molar-refractivity contribution in [3.63, 3.8) is 0 Å². The van der Waals surface area contributed by atoms with Gasteiger partial charge in [0.05, 0.1) is 0 Å². The molecule has 0 heterocycles. The third kappa shape index (κ3) is 22.6. The van der Waals surface area contributed by atoms with Crippen molar-refractivity contribution in [2.75, 3.05) is 13.2 Å². The lowest BCUT2D eigenvalue weighted by Gasteiger charge is -1.89. The molecule has 0 atom stereocenters. The van der Waals surface area contributed by atoms with E-state index in [1.54, 1.807) is 0 Å². The van der Waals surface area contributed by atoms with E-state index in [2.05, 4.69) is 3.63 Å². The largest absolute Gasteiger partial charge is 0.413 e. The van der Waals surface area contributed by atoms with Crippen LogP contribution in [0.3, 0.4) is 0 Å². The molecule has 0 bridgehead atoms. The summed E-state index contributed by atoms with van der Waals surface area (Å²) in [5.74, 6) is 0. The maximum absolute atomic E-state index is 9.44. The minimum absolute atomic E-state index is 0.0938. The summed E-state index contributed by atoms with van der Waals surface area (Å²) in [6.45, 7) is 0.188. The maximum atomic E-state index is 9.44. The molecular weight excluding hydrogens is 244 g/mol. The fourth-order valence-corrected chi connectivity index (χ4v) is 1.05. The fraction of sp³-hybridized carbons (Fsp3) is 1.00. The van der Waals surface area contributed by atoms with Gasteiger partial charge in [0.1, 0.15) is 0 Å². The second kappa shape index (κ2) is 7.05. The van der Waals surface area contributed by atoms with Crippen molar-refractivity contribution >= 4 is 20.8 Å². The van der Waals surface area contributed by atoms with Gasteiger partial charge in [-0.05, 0) is 6.42 Å². The van der Waals surface area contributed by atoms with Crippen molar-refractivity contribution < 1.29 is 39.8 Å². The average molecular weight is 254 g/mol. The molecule has 0 saturated heterocycles. The molecule has 0 rings (SSSR count). The highest BCUT2D eigenvalue weighted by Gasteiger charge is 2.15. The number of hydrogen-bond donors (Lipinski definition) is 4. The molecule has 0 spiro atoms. The Morgan fingerprint density at radius 1 is 0.857 bits per heavy atom. The second-order valence-electron chi connectivity index (χ2n) is 1.72. The number of rotatable bonds is 4. The van der Waals surface area contributed by atoms with Crippen molar-refractivity contribution in [1.82, 2.24) is 0 Å². The van der Waals surface area contributed by atoms with Gasteiger partial charge in [0, 0.05) is 13.2 Å². The third-order valence-corrected chi connectivity index (χ3v) is 1.86. The number of hydrogen-bond acceptors (Lipinski definition) is 7. The summed E-state index contributed by atoms with van der Waals surface area (Å²) in [6, 6.07) is 0. The van der Waals surface area contributed by atoms with E-state index in [-0.39, 0.29) is 13.2 Å². The highest BCUT2D eigenvalue weighted by Crippen LogP contribution is 1.91. The minimum atomic E-state index is -5.12. The van der Waals surface area contributed by atoms with Gasteiger partial charge in [0.2, 0.25) is 0 Å². The predicted molar refractivity (Wildman–Crippen MR) is 43.0 cm³/mol. The molecule has 0 saturated carbocycles. The van der Waals surface area contributed by atoms with Crippen molar-refractivity contribution in [1.29, 1.82) is 0 Å². The zero-order chi connectivity index (χ0) is 11.8. The van der Waals surface area contributed by atoms with Crippen LogP contribution in [0.5, 0.6) is 0 Å². The Balaban J connectivity index is 0. The van der Waals surface area contributed by atoms with Crippen LogP contribution in [0.1, 0.15) is 6.42 Å². The first kappa shape index (κ1) is 16.1. The first-order chi connectivity index (χ1) is 6.12. The van der Waals surface area contributed by atoms with E-state index in [1.165, 1.54) is 0 Å². The lowest BCUT2D eigenvalue weighted by molar-refractivity contribution is 0.221. The van der Waals surface area contributed by atoms with Gasteiger partial charge in [-0.2, -0.15) is 16.8 Å². The zero-order valence-electron chi connectivity index (χ0n) is 6.77. The molecule has 0 fully saturated rings. The van der Waals surface area contributed by atoms with Gasteiger partial charge in [-0.1, -0.05) is 0 Å². The molecule has 0 unspecified atom stereocenters. The molecule has 4 N–H and O–H groups in total. The predicted octanol–water partition coefficient (Wildman–Crippen LogP) is -2.03. The quantitative estimate of drug-likeness (QED) is 0.415. The molecule has 0 aromatic carbocycles. The smallest absolute Gasteiger partial charge is 0.396 e. The van der Waals surface area contributed by atoms with E-state index >= 15 is 0 Å². The minimum Gasteiger partial charge on any atom is -0.396 e. The molecule has 0 radical (unpaired) electrons. The molecule has 0 aromatic heterocycles. The Morgan fingerprint density at radius 3 is 1.14 bits per heavy atom. The summed E-state index contributed by atoms with van der Waals surface area (Å²) < 4.78 is 55.6. The summed E-state index contributed by atoms with van der Waals surface area (Å²) in [4.78, 5) is 0. The van der Waals surface area contributed by atoms with Crippen LogP contribution in [0.4, 0.5) is 0 Å². The summed E-state index contributed by atoms with van der Waals surface area (Å²) in [6.07, 6.45) is 0.500. The van der Waals surface area contributed by atoms with Crippen LogP contribution >= 0.6 is 0 Å². The van der Waals surface area contributed by atoms with E-state index in [4.69, 9.17) is 19.3 Å². The molecule has 11 heteroatoms. The molecule has 0 aliphatic rings. The SMILES string of the molecule is O=S(=O)(O)OS(=O)(=O)O.OCCCO. The molecule has 9 nitrogen and oxygen atoms in total. The lowest BCUT2D eigenvalue weighted by Crippen LogP contribution is -2.10. The van der Waals surface area contributed by atoms with E-state index in [1.807, 2.05) is 0 Å². The molecular formula is C3H10O9S2. The van der Waals surface area contributed by atoms with Crippen LogP contribution in [-0.2, 0) is 24.4 Å². The van der Waals surface area contributed by atoms with E-state index in [9.17, 15) is 16.8 Å². The molecule has 88 valence electrons. The second-order valence-corrected chi connectivity index (χ2v) is 3.98. The van der Waals surface area contributed by atoms with Gasteiger partial charge in [0.25, 0.3) is 0 Å². The summed E-state index contributed by atoms with van der Waals surface area (Å²) >= 11 is 0. The Morgan fingerprint density at radius 2 is 1.14 bits per heavy atom. The zero-order valence-corrected chi connectivity index (χ0v) is 8.40. The van der Waals surface area contributed by atoms with Gasteiger partial charge in [0.15, 0.2) is 0 Å². The monoisotopic (exact) mass is 254 g/mol. The van der Waals surface area contributed by atoms with Gasteiger partial charge >= 0.3 is 20.8 Å². The number of aliphatic hydroxyl groups is 2. The molecule has 0 aliphatic carbocycles. The van der Waals surface area contributed by atoms with Crippen LogP contribution in [0.15, 0.2) is 0 Å². The summed E-state index contributed by atoms with van der Waals surface area (Å²) in [7, 11) is -10.2. The normalized spacial score (nSPS) is 11.7. The molecule has 0 aliphatic heterocycles. The van der Waals surface area contributed by atoms with Crippen molar-refractivity contribution in [3.05, 3.63) is 0 Å². The van der Waals surface area contributed by atoms with E-state index < -0.39 is 20.8 Å². The average Bonchev–Trinajstić information content (AvgIpc) is 1.81. The van der Waals surface area contributed by atoms with Crippen molar-refractivity contribution in [2.45, 2.75) is 6.42 Å². The molecule has 0 amide bonds. The van der Waals surface area contributed by atoms with Crippen LogP contribution in [0.2, 0.25) is 0 Å². The van der Waals surface area contributed by atoms with Crippen LogP contribution in [-0.4, -0.2) is 49.4 Å². The Bertz CT molecular complexity index is 280. The lowest BCUT2D eigenvalue weighted by atomic mass is 10.5. The van der Waals surface area contributed by atoms with Crippen LogP contribution < -0.4 is 0 Å².